The normalized spacial score (nSPS) is 12.0. The van der Waals surface area contributed by atoms with Crippen molar-refractivity contribution in [3.05, 3.63) is 56.6 Å². The summed E-state index contributed by atoms with van der Waals surface area (Å²) >= 11 is 30.6. The third-order valence-corrected chi connectivity index (χ3v) is 4.63. The molecule has 0 spiro atoms. The molecule has 0 bridgehead atoms. The summed E-state index contributed by atoms with van der Waals surface area (Å²) in [5.41, 5.74) is 1.66. The summed E-state index contributed by atoms with van der Waals surface area (Å²) in [5, 5.41) is 21.6. The van der Waals surface area contributed by atoms with E-state index in [1.165, 1.54) is 12.1 Å². The van der Waals surface area contributed by atoms with E-state index in [1.54, 1.807) is 26.0 Å². The molecule has 0 aliphatic rings. The molecule has 0 aliphatic heterocycles. The van der Waals surface area contributed by atoms with E-state index in [-0.39, 0.29) is 11.5 Å². The van der Waals surface area contributed by atoms with Crippen LogP contribution in [0.4, 0.5) is 0 Å². The highest BCUT2D eigenvalue weighted by atomic mass is 35.6. The molecule has 0 aromatic heterocycles. The van der Waals surface area contributed by atoms with Gasteiger partial charge in [-0.15, -0.1) is 0 Å². The topological polar surface area (TPSA) is 40.5 Å². The first kappa shape index (κ1) is 18.8. The van der Waals surface area contributed by atoms with E-state index in [4.69, 9.17) is 58.0 Å². The molecular formula is C16H13Cl5O2. The van der Waals surface area contributed by atoms with Crippen molar-refractivity contribution in [2.24, 2.45) is 0 Å². The second kappa shape index (κ2) is 6.78. The van der Waals surface area contributed by atoms with Gasteiger partial charge < -0.3 is 10.2 Å². The monoisotopic (exact) mass is 412 g/mol. The van der Waals surface area contributed by atoms with Crippen LogP contribution in [0.25, 0.3) is 0 Å². The lowest BCUT2D eigenvalue weighted by Crippen LogP contribution is -2.19. The number of halogens is 5. The van der Waals surface area contributed by atoms with Crippen molar-refractivity contribution >= 4 is 58.0 Å². The quantitative estimate of drug-likeness (QED) is 0.549. The lowest BCUT2D eigenvalue weighted by atomic mass is 9.89. The van der Waals surface area contributed by atoms with E-state index < -0.39 is 9.71 Å². The predicted molar refractivity (Wildman–Crippen MR) is 97.8 cm³/mol. The number of alkyl halides is 3. The SMILES string of the molecule is Cc1cc(Cl)cc(C(c2cc(Cl)cc(C)c2O)C(Cl)(Cl)Cl)c1O. The van der Waals surface area contributed by atoms with Gasteiger partial charge >= 0.3 is 0 Å². The van der Waals surface area contributed by atoms with Gasteiger partial charge in [0, 0.05) is 21.2 Å². The highest BCUT2D eigenvalue weighted by molar-refractivity contribution is 6.68. The van der Waals surface area contributed by atoms with E-state index in [9.17, 15) is 10.2 Å². The Bertz CT molecular complexity index is 696. The molecule has 0 radical (unpaired) electrons. The van der Waals surface area contributed by atoms with Crippen LogP contribution in [-0.4, -0.2) is 14.0 Å². The van der Waals surface area contributed by atoms with Gasteiger partial charge in [0.2, 0.25) is 3.79 Å². The van der Waals surface area contributed by atoms with Crippen molar-refractivity contribution in [1.29, 1.82) is 0 Å². The second-order valence-corrected chi connectivity index (χ2v) is 8.54. The molecule has 0 atom stereocenters. The molecule has 2 nitrogen and oxygen atoms in total. The van der Waals surface area contributed by atoms with Crippen LogP contribution < -0.4 is 0 Å². The summed E-state index contributed by atoms with van der Waals surface area (Å²) in [7, 11) is 0. The van der Waals surface area contributed by atoms with Crippen LogP contribution in [0.15, 0.2) is 24.3 Å². The number of aryl methyl sites for hydroxylation is 2. The summed E-state index contributed by atoms with van der Waals surface area (Å²) in [5.74, 6) is -1.06. The fourth-order valence-corrected chi connectivity index (χ4v) is 3.75. The number of benzene rings is 2. The Kier molecular flexibility index (Phi) is 5.55. The van der Waals surface area contributed by atoms with Gasteiger partial charge in [0.05, 0.1) is 5.92 Å². The molecule has 0 heterocycles. The van der Waals surface area contributed by atoms with Gasteiger partial charge in [0.15, 0.2) is 0 Å². The van der Waals surface area contributed by atoms with E-state index in [1.807, 2.05) is 0 Å². The third kappa shape index (κ3) is 3.94. The van der Waals surface area contributed by atoms with Gasteiger partial charge in [-0.05, 0) is 49.2 Å². The maximum absolute atomic E-state index is 10.4. The average molecular weight is 415 g/mol. The molecule has 2 aromatic rings. The maximum atomic E-state index is 10.4. The molecule has 0 amide bonds. The van der Waals surface area contributed by atoms with Gasteiger partial charge in [-0.2, -0.15) is 0 Å². The highest BCUT2D eigenvalue weighted by Gasteiger charge is 2.39. The lowest BCUT2D eigenvalue weighted by Gasteiger charge is -2.28. The zero-order valence-electron chi connectivity index (χ0n) is 12.2. The fraction of sp³-hybridized carbons (Fsp3) is 0.250. The fourth-order valence-electron chi connectivity index (χ4n) is 2.48. The average Bonchev–Trinajstić information content (AvgIpc) is 2.39. The van der Waals surface area contributed by atoms with Crippen molar-refractivity contribution in [2.75, 3.05) is 0 Å². The van der Waals surface area contributed by atoms with Crippen LogP contribution in [0.5, 0.6) is 11.5 Å². The lowest BCUT2D eigenvalue weighted by molar-refractivity contribution is 0.450. The molecule has 0 aliphatic carbocycles. The van der Waals surface area contributed by atoms with Crippen LogP contribution in [0.1, 0.15) is 28.2 Å². The minimum Gasteiger partial charge on any atom is -0.507 e. The third-order valence-electron chi connectivity index (χ3n) is 3.54. The highest BCUT2D eigenvalue weighted by Crippen LogP contribution is 2.52. The van der Waals surface area contributed by atoms with Gasteiger partial charge in [0.25, 0.3) is 0 Å². The number of hydrogen-bond acceptors (Lipinski definition) is 2. The van der Waals surface area contributed by atoms with Crippen molar-refractivity contribution in [1.82, 2.24) is 0 Å². The zero-order valence-corrected chi connectivity index (χ0v) is 16.0. The summed E-state index contributed by atoms with van der Waals surface area (Å²) in [6, 6.07) is 6.20. The summed E-state index contributed by atoms with van der Waals surface area (Å²) < 4.78 is -1.84. The predicted octanol–water partition coefficient (Wildman–Crippen LogP) is 6.52. The Morgan fingerprint density at radius 1 is 0.783 bits per heavy atom. The number of rotatable bonds is 2. The van der Waals surface area contributed by atoms with Crippen LogP contribution in [-0.2, 0) is 0 Å². The second-order valence-electron chi connectivity index (χ2n) is 5.30. The molecule has 7 heteroatoms. The summed E-state index contributed by atoms with van der Waals surface area (Å²) in [4.78, 5) is 0. The van der Waals surface area contributed by atoms with E-state index >= 15 is 0 Å². The molecule has 0 saturated carbocycles. The number of phenols is 2. The molecule has 2 aromatic carbocycles. The Labute approximate surface area is 159 Å². The van der Waals surface area contributed by atoms with Gasteiger partial charge in [-0.25, -0.2) is 0 Å². The summed E-state index contributed by atoms with van der Waals surface area (Å²) in [6.45, 7) is 3.37. The molecule has 0 unspecified atom stereocenters. The first-order valence-electron chi connectivity index (χ1n) is 6.57. The molecule has 124 valence electrons. The number of hydrogen-bond donors (Lipinski definition) is 2. The smallest absolute Gasteiger partial charge is 0.201 e. The van der Waals surface area contributed by atoms with Crippen LogP contribution in [0.2, 0.25) is 10.0 Å². The van der Waals surface area contributed by atoms with E-state index in [0.29, 0.717) is 32.3 Å². The van der Waals surface area contributed by atoms with Crippen LogP contribution >= 0.6 is 58.0 Å². The Morgan fingerprint density at radius 3 is 1.43 bits per heavy atom. The first-order valence-corrected chi connectivity index (χ1v) is 8.46. The number of phenolic OH excluding ortho intramolecular Hbond substituents is 2. The van der Waals surface area contributed by atoms with Gasteiger partial charge in [0.1, 0.15) is 11.5 Å². The van der Waals surface area contributed by atoms with Crippen molar-refractivity contribution < 1.29 is 10.2 Å². The van der Waals surface area contributed by atoms with Crippen LogP contribution in [0.3, 0.4) is 0 Å². The Hall–Kier alpha value is -0.510. The Morgan fingerprint density at radius 2 is 1.13 bits per heavy atom. The summed E-state index contributed by atoms with van der Waals surface area (Å²) in [6.07, 6.45) is 0. The first-order chi connectivity index (χ1) is 10.5. The molecule has 2 rings (SSSR count). The van der Waals surface area contributed by atoms with Crippen LogP contribution in [0, 0.1) is 13.8 Å². The molecular weight excluding hydrogens is 401 g/mol. The molecule has 0 saturated heterocycles. The van der Waals surface area contributed by atoms with Crippen molar-refractivity contribution in [3.63, 3.8) is 0 Å². The number of aromatic hydroxyl groups is 2. The molecule has 0 fully saturated rings. The molecule has 23 heavy (non-hydrogen) atoms. The zero-order chi connectivity index (χ0) is 17.5. The standard InChI is InChI=1S/C16H13Cl5O2/c1-7-3-9(17)5-11(14(7)22)13(16(19,20)21)12-6-10(18)4-8(2)15(12)23/h3-6,13,22-23H,1-2H3. The van der Waals surface area contributed by atoms with Crippen molar-refractivity contribution in [2.45, 2.75) is 23.6 Å². The maximum Gasteiger partial charge on any atom is 0.201 e. The Balaban J connectivity index is 2.80. The largest absolute Gasteiger partial charge is 0.507 e. The van der Waals surface area contributed by atoms with E-state index in [2.05, 4.69) is 0 Å². The van der Waals surface area contributed by atoms with E-state index in [0.717, 1.165) is 0 Å². The van der Waals surface area contributed by atoms with Gasteiger partial charge in [-0.1, -0.05) is 58.0 Å². The molecule has 2 N–H and O–H groups in total. The van der Waals surface area contributed by atoms with Crippen molar-refractivity contribution in [3.8, 4) is 11.5 Å². The minimum atomic E-state index is -1.84. The minimum absolute atomic E-state index is 0.0530. The van der Waals surface area contributed by atoms with Gasteiger partial charge in [-0.3, -0.25) is 0 Å².